The van der Waals surface area contributed by atoms with E-state index < -0.39 is 0 Å². The van der Waals surface area contributed by atoms with Crippen LogP contribution in [0.4, 0.5) is 0 Å². The van der Waals surface area contributed by atoms with E-state index in [1.54, 1.807) is 0 Å². The van der Waals surface area contributed by atoms with Crippen molar-refractivity contribution in [2.24, 2.45) is 0 Å². The summed E-state index contributed by atoms with van der Waals surface area (Å²) in [7, 11) is 0. The van der Waals surface area contributed by atoms with Gasteiger partial charge >= 0.3 is 0 Å². The van der Waals surface area contributed by atoms with Gasteiger partial charge in [-0.1, -0.05) is 48.5 Å². The van der Waals surface area contributed by atoms with Crippen LogP contribution in [0.15, 0.2) is 54.6 Å². The van der Waals surface area contributed by atoms with Crippen molar-refractivity contribution >= 4 is 16.7 Å². The van der Waals surface area contributed by atoms with Crippen molar-refractivity contribution in [1.29, 1.82) is 0 Å². The van der Waals surface area contributed by atoms with E-state index in [2.05, 4.69) is 23.5 Å². The Morgan fingerprint density at radius 2 is 1.87 bits per heavy atom. The van der Waals surface area contributed by atoms with Gasteiger partial charge in [-0.25, -0.2) is 0 Å². The summed E-state index contributed by atoms with van der Waals surface area (Å²) in [6.45, 7) is 0.217. The van der Waals surface area contributed by atoms with Crippen molar-refractivity contribution in [2.45, 2.75) is 6.42 Å². The zero-order chi connectivity index (χ0) is 15.8. The van der Waals surface area contributed by atoms with E-state index in [1.807, 2.05) is 36.4 Å². The number of carbonyl (C=O) groups is 1. The van der Waals surface area contributed by atoms with Crippen molar-refractivity contribution in [3.8, 4) is 11.1 Å². The standard InChI is InChI=1S/C20H17NO2/c22-10-9-21-20(23)18-12-14-6-2-4-8-16(14)19-15-7-3-1-5-13(15)11-17(18)19/h1-8,12,22H,9-11H2,(H,21,23). The van der Waals surface area contributed by atoms with Gasteiger partial charge in [0.05, 0.1) is 6.61 Å². The van der Waals surface area contributed by atoms with Crippen molar-refractivity contribution < 1.29 is 9.90 Å². The average Bonchev–Trinajstić information content (AvgIpc) is 2.98. The number of aliphatic hydroxyl groups excluding tert-OH is 1. The Balaban J connectivity index is 1.98. The molecule has 0 heterocycles. The molecule has 114 valence electrons. The number of fused-ring (bicyclic) bond motifs is 5. The maximum absolute atomic E-state index is 12.5. The molecule has 3 aromatic rings. The molecular weight excluding hydrogens is 286 g/mol. The van der Waals surface area contributed by atoms with Crippen LogP contribution < -0.4 is 5.32 Å². The second-order valence-corrected chi connectivity index (χ2v) is 5.81. The highest BCUT2D eigenvalue weighted by Gasteiger charge is 2.25. The number of hydrogen-bond acceptors (Lipinski definition) is 2. The maximum atomic E-state index is 12.5. The van der Waals surface area contributed by atoms with Crippen LogP contribution in [-0.4, -0.2) is 24.2 Å². The number of carbonyl (C=O) groups excluding carboxylic acids is 1. The lowest BCUT2D eigenvalue weighted by Crippen LogP contribution is -2.27. The molecule has 23 heavy (non-hydrogen) atoms. The van der Waals surface area contributed by atoms with E-state index >= 15 is 0 Å². The van der Waals surface area contributed by atoms with Gasteiger partial charge in [0.2, 0.25) is 0 Å². The van der Waals surface area contributed by atoms with Crippen molar-refractivity contribution in [3.63, 3.8) is 0 Å². The highest BCUT2D eigenvalue weighted by atomic mass is 16.3. The Labute approximate surface area is 134 Å². The lowest BCUT2D eigenvalue weighted by Gasteiger charge is -2.12. The molecule has 0 aromatic heterocycles. The lowest BCUT2D eigenvalue weighted by atomic mass is 9.93. The molecule has 4 rings (SSSR count). The molecule has 3 nitrogen and oxygen atoms in total. The van der Waals surface area contributed by atoms with E-state index in [0.29, 0.717) is 5.56 Å². The van der Waals surface area contributed by atoms with Gasteiger partial charge in [0.15, 0.2) is 0 Å². The van der Waals surface area contributed by atoms with Crippen LogP contribution >= 0.6 is 0 Å². The van der Waals surface area contributed by atoms with Gasteiger partial charge in [0.1, 0.15) is 0 Å². The number of amides is 1. The fraction of sp³-hybridized carbons (Fsp3) is 0.150. The summed E-state index contributed by atoms with van der Waals surface area (Å²) < 4.78 is 0. The molecule has 0 atom stereocenters. The zero-order valence-corrected chi connectivity index (χ0v) is 12.7. The minimum Gasteiger partial charge on any atom is -0.395 e. The summed E-state index contributed by atoms with van der Waals surface area (Å²) in [5.74, 6) is -0.117. The first-order valence-corrected chi connectivity index (χ1v) is 7.81. The third-order valence-electron chi connectivity index (χ3n) is 4.45. The topological polar surface area (TPSA) is 49.3 Å². The number of rotatable bonds is 3. The molecule has 1 aliphatic carbocycles. The fourth-order valence-corrected chi connectivity index (χ4v) is 3.46. The zero-order valence-electron chi connectivity index (χ0n) is 12.7. The summed E-state index contributed by atoms with van der Waals surface area (Å²) in [5.41, 5.74) is 5.45. The maximum Gasteiger partial charge on any atom is 0.251 e. The molecule has 0 saturated carbocycles. The van der Waals surface area contributed by atoms with Crippen molar-refractivity contribution in [1.82, 2.24) is 5.32 Å². The molecule has 1 amide bonds. The number of nitrogens with one attached hydrogen (secondary N) is 1. The van der Waals surface area contributed by atoms with Gasteiger partial charge in [0.25, 0.3) is 5.91 Å². The average molecular weight is 303 g/mol. The highest BCUT2D eigenvalue weighted by Crippen LogP contribution is 2.43. The Morgan fingerprint density at radius 1 is 1.09 bits per heavy atom. The summed E-state index contributed by atoms with van der Waals surface area (Å²) in [4.78, 5) is 12.5. The van der Waals surface area contributed by atoms with Gasteiger partial charge in [-0.05, 0) is 45.5 Å². The molecule has 0 bridgehead atoms. The Bertz CT molecular complexity index is 915. The number of benzene rings is 3. The largest absolute Gasteiger partial charge is 0.395 e. The molecule has 3 heteroatoms. The van der Waals surface area contributed by atoms with E-state index in [4.69, 9.17) is 5.11 Å². The smallest absolute Gasteiger partial charge is 0.251 e. The molecule has 0 unspecified atom stereocenters. The van der Waals surface area contributed by atoms with Gasteiger partial charge < -0.3 is 10.4 Å². The van der Waals surface area contributed by atoms with Gasteiger partial charge in [-0.15, -0.1) is 0 Å². The molecular formula is C20H17NO2. The molecule has 0 aliphatic heterocycles. The Hall–Kier alpha value is -2.65. The second kappa shape index (κ2) is 5.52. The predicted octanol–water partition coefficient (Wildman–Crippen LogP) is 3.13. The Morgan fingerprint density at radius 3 is 2.74 bits per heavy atom. The van der Waals surface area contributed by atoms with Crippen molar-refractivity contribution in [2.75, 3.05) is 13.2 Å². The van der Waals surface area contributed by atoms with E-state index in [9.17, 15) is 4.79 Å². The van der Waals surface area contributed by atoms with Crippen LogP contribution in [0.25, 0.3) is 21.9 Å². The minimum atomic E-state index is -0.117. The summed E-state index contributed by atoms with van der Waals surface area (Å²) >= 11 is 0. The van der Waals surface area contributed by atoms with Crippen LogP contribution in [-0.2, 0) is 6.42 Å². The third kappa shape index (κ3) is 2.21. The number of aliphatic hydroxyl groups is 1. The molecule has 3 aromatic carbocycles. The van der Waals surface area contributed by atoms with Gasteiger partial charge in [-0.2, -0.15) is 0 Å². The molecule has 0 saturated heterocycles. The van der Waals surface area contributed by atoms with Gasteiger partial charge in [0, 0.05) is 12.1 Å². The Kier molecular flexibility index (Phi) is 3.36. The first-order chi connectivity index (χ1) is 11.3. The third-order valence-corrected chi connectivity index (χ3v) is 4.45. The quantitative estimate of drug-likeness (QED) is 0.611. The first-order valence-electron chi connectivity index (χ1n) is 7.81. The van der Waals surface area contributed by atoms with Crippen LogP contribution in [0.1, 0.15) is 21.5 Å². The van der Waals surface area contributed by atoms with E-state index in [1.165, 1.54) is 22.1 Å². The minimum absolute atomic E-state index is 0.0538. The van der Waals surface area contributed by atoms with Crippen LogP contribution in [0, 0.1) is 0 Å². The second-order valence-electron chi connectivity index (χ2n) is 5.81. The van der Waals surface area contributed by atoms with E-state index in [0.717, 1.165) is 17.4 Å². The summed E-state index contributed by atoms with van der Waals surface area (Å²) in [5, 5.41) is 14.0. The van der Waals surface area contributed by atoms with Crippen LogP contribution in [0.3, 0.4) is 0 Å². The molecule has 0 fully saturated rings. The molecule has 1 aliphatic rings. The van der Waals surface area contributed by atoms with Crippen LogP contribution in [0.5, 0.6) is 0 Å². The summed E-state index contributed by atoms with van der Waals surface area (Å²) in [6, 6.07) is 18.5. The molecule has 0 spiro atoms. The van der Waals surface area contributed by atoms with E-state index in [-0.39, 0.29) is 19.1 Å². The number of hydrogen-bond donors (Lipinski definition) is 2. The monoisotopic (exact) mass is 303 g/mol. The predicted molar refractivity (Wildman–Crippen MR) is 91.6 cm³/mol. The molecule has 0 radical (unpaired) electrons. The normalized spacial score (nSPS) is 12.0. The molecule has 2 N–H and O–H groups in total. The first kappa shape index (κ1) is 14.0. The van der Waals surface area contributed by atoms with Crippen molar-refractivity contribution in [3.05, 3.63) is 71.3 Å². The lowest BCUT2D eigenvalue weighted by molar-refractivity contribution is 0.0944. The SMILES string of the molecule is O=C(NCCO)c1cc2ccccc2c2c1Cc1ccccc1-2. The summed E-state index contributed by atoms with van der Waals surface area (Å²) in [6.07, 6.45) is 0.776. The highest BCUT2D eigenvalue weighted by molar-refractivity contribution is 6.09. The van der Waals surface area contributed by atoms with Gasteiger partial charge in [-0.3, -0.25) is 4.79 Å². The fourth-order valence-electron chi connectivity index (χ4n) is 3.46. The van der Waals surface area contributed by atoms with Crippen LogP contribution in [0.2, 0.25) is 0 Å².